The molecule has 0 heterocycles. The fraction of sp³-hybridized carbons (Fsp3) is 1.00. The lowest BCUT2D eigenvalue weighted by atomic mass is 10.3. The van der Waals surface area contributed by atoms with Gasteiger partial charge in [-0.1, -0.05) is 0 Å². The summed E-state index contributed by atoms with van der Waals surface area (Å²) in [5, 5.41) is 0. The molecule has 0 saturated carbocycles. The standard InChI is InChI=1S/C3H11N3/c1-3(2,4)6-5/h6H,4-5H2,1-2H3. The smallest absolute Gasteiger partial charge is 0.0732 e. The molecule has 0 saturated heterocycles. The second-order valence-electron chi connectivity index (χ2n) is 1.87. The zero-order chi connectivity index (χ0) is 5.21. The zero-order valence-electron chi connectivity index (χ0n) is 4.15. The maximum absolute atomic E-state index is 5.30. The van der Waals surface area contributed by atoms with Crippen LogP contribution < -0.4 is 17.0 Å². The molecule has 0 atom stereocenters. The largest absolute Gasteiger partial charge is 0.313 e. The molecule has 0 spiro atoms. The maximum atomic E-state index is 5.30. The number of rotatable bonds is 1. The second-order valence-corrected chi connectivity index (χ2v) is 1.87. The Morgan fingerprint density at radius 1 is 1.50 bits per heavy atom. The van der Waals surface area contributed by atoms with Crippen LogP contribution in [0.3, 0.4) is 0 Å². The van der Waals surface area contributed by atoms with Crippen LogP contribution in [0.2, 0.25) is 0 Å². The van der Waals surface area contributed by atoms with Crippen LogP contribution in [0.4, 0.5) is 0 Å². The first-order valence-corrected chi connectivity index (χ1v) is 1.83. The Hall–Kier alpha value is -0.120. The molecule has 0 aliphatic carbocycles. The predicted octanol–water partition coefficient (Wildman–Crippen LogP) is -0.855. The zero-order valence-corrected chi connectivity index (χ0v) is 4.15. The van der Waals surface area contributed by atoms with Gasteiger partial charge in [0, 0.05) is 0 Å². The van der Waals surface area contributed by atoms with E-state index in [0.29, 0.717) is 0 Å². The molecular formula is C3H11N3. The molecule has 0 aliphatic heterocycles. The Balaban J connectivity index is 3.17. The molecule has 3 nitrogen and oxygen atoms in total. The summed E-state index contributed by atoms with van der Waals surface area (Å²) in [5.74, 6) is 4.93. The summed E-state index contributed by atoms with van der Waals surface area (Å²) in [4.78, 5) is 0. The molecule has 0 bridgehead atoms. The van der Waals surface area contributed by atoms with Crippen LogP contribution in [-0.2, 0) is 0 Å². The Morgan fingerprint density at radius 3 is 1.67 bits per heavy atom. The summed E-state index contributed by atoms with van der Waals surface area (Å²) >= 11 is 0. The molecule has 38 valence electrons. The molecule has 0 rings (SSSR count). The monoisotopic (exact) mass is 89.1 g/mol. The van der Waals surface area contributed by atoms with Crippen molar-refractivity contribution in [2.24, 2.45) is 11.6 Å². The first-order chi connectivity index (χ1) is 2.56. The van der Waals surface area contributed by atoms with E-state index in [1.165, 1.54) is 0 Å². The third kappa shape index (κ3) is 3.88. The highest BCUT2D eigenvalue weighted by molar-refractivity contribution is 4.61. The summed E-state index contributed by atoms with van der Waals surface area (Å²) in [7, 11) is 0. The molecule has 0 fully saturated rings. The minimum Gasteiger partial charge on any atom is -0.313 e. The van der Waals surface area contributed by atoms with E-state index in [9.17, 15) is 0 Å². The number of hydrazine groups is 1. The van der Waals surface area contributed by atoms with Crippen LogP contribution in [0.1, 0.15) is 13.8 Å². The summed E-state index contributed by atoms with van der Waals surface area (Å²) in [6.07, 6.45) is 0. The van der Waals surface area contributed by atoms with Crippen molar-refractivity contribution in [3.05, 3.63) is 0 Å². The molecule has 3 heteroatoms. The first kappa shape index (κ1) is 5.88. The van der Waals surface area contributed by atoms with Crippen LogP contribution in [0, 0.1) is 0 Å². The predicted molar refractivity (Wildman–Crippen MR) is 25.6 cm³/mol. The van der Waals surface area contributed by atoms with Crippen molar-refractivity contribution in [1.82, 2.24) is 5.43 Å². The topological polar surface area (TPSA) is 64.1 Å². The number of nitrogens with two attached hydrogens (primary N) is 2. The summed E-state index contributed by atoms with van der Waals surface area (Å²) in [6.45, 7) is 3.57. The van der Waals surface area contributed by atoms with Gasteiger partial charge < -0.3 is 5.73 Å². The summed E-state index contributed by atoms with van der Waals surface area (Å²) in [6, 6.07) is 0. The SMILES string of the molecule is CC(C)(N)NN. The van der Waals surface area contributed by atoms with E-state index in [0.717, 1.165) is 0 Å². The molecule has 0 aliphatic rings. The lowest BCUT2D eigenvalue weighted by molar-refractivity contribution is 0.414. The van der Waals surface area contributed by atoms with Gasteiger partial charge in [0.25, 0.3) is 0 Å². The molecule has 0 amide bonds. The van der Waals surface area contributed by atoms with Crippen molar-refractivity contribution in [2.45, 2.75) is 19.5 Å². The molecular weight excluding hydrogens is 78.1 g/mol. The van der Waals surface area contributed by atoms with E-state index in [-0.39, 0.29) is 0 Å². The van der Waals surface area contributed by atoms with Crippen LogP contribution >= 0.6 is 0 Å². The first-order valence-electron chi connectivity index (χ1n) is 1.83. The summed E-state index contributed by atoms with van der Waals surface area (Å²) < 4.78 is 0. The van der Waals surface area contributed by atoms with Crippen molar-refractivity contribution >= 4 is 0 Å². The molecule has 5 N–H and O–H groups in total. The van der Waals surface area contributed by atoms with E-state index in [2.05, 4.69) is 5.43 Å². The molecule has 0 radical (unpaired) electrons. The normalized spacial score (nSPS) is 12.0. The minimum atomic E-state index is -0.431. The lowest BCUT2D eigenvalue weighted by Gasteiger charge is -2.15. The molecule has 0 aromatic carbocycles. The molecule has 0 aromatic rings. The van der Waals surface area contributed by atoms with Crippen molar-refractivity contribution in [1.29, 1.82) is 0 Å². The Kier molecular flexibility index (Phi) is 1.52. The van der Waals surface area contributed by atoms with Gasteiger partial charge in [-0.05, 0) is 13.8 Å². The average Bonchev–Trinajstić information content (AvgIpc) is 1.35. The van der Waals surface area contributed by atoms with E-state index in [1.54, 1.807) is 13.8 Å². The van der Waals surface area contributed by atoms with Crippen molar-refractivity contribution in [2.75, 3.05) is 0 Å². The van der Waals surface area contributed by atoms with E-state index < -0.39 is 5.66 Å². The number of nitrogens with one attached hydrogen (secondary N) is 1. The molecule has 6 heavy (non-hydrogen) atoms. The Morgan fingerprint density at radius 2 is 1.67 bits per heavy atom. The fourth-order valence-corrected chi connectivity index (χ4v) is 0. The van der Waals surface area contributed by atoms with Gasteiger partial charge in [-0.25, -0.2) is 5.43 Å². The van der Waals surface area contributed by atoms with Gasteiger partial charge in [0.2, 0.25) is 0 Å². The van der Waals surface area contributed by atoms with E-state index in [1.807, 2.05) is 0 Å². The molecule has 0 unspecified atom stereocenters. The second kappa shape index (κ2) is 1.55. The van der Waals surface area contributed by atoms with Gasteiger partial charge >= 0.3 is 0 Å². The number of hydrogen-bond donors (Lipinski definition) is 3. The Labute approximate surface area is 37.7 Å². The average molecular weight is 89.1 g/mol. The van der Waals surface area contributed by atoms with E-state index >= 15 is 0 Å². The van der Waals surface area contributed by atoms with Crippen LogP contribution in [0.15, 0.2) is 0 Å². The minimum absolute atomic E-state index is 0.431. The third-order valence-corrected chi connectivity index (χ3v) is 0.372. The Bertz CT molecular complexity index is 35.8. The van der Waals surface area contributed by atoms with Crippen molar-refractivity contribution in [3.8, 4) is 0 Å². The van der Waals surface area contributed by atoms with Crippen LogP contribution in [0.25, 0.3) is 0 Å². The molecule has 0 aromatic heterocycles. The van der Waals surface area contributed by atoms with Gasteiger partial charge in [-0.15, -0.1) is 0 Å². The van der Waals surface area contributed by atoms with E-state index in [4.69, 9.17) is 11.6 Å². The van der Waals surface area contributed by atoms with Gasteiger partial charge in [-0.3, -0.25) is 5.84 Å². The maximum Gasteiger partial charge on any atom is 0.0732 e. The summed E-state index contributed by atoms with van der Waals surface area (Å²) in [5.41, 5.74) is 7.25. The number of hydrogen-bond acceptors (Lipinski definition) is 3. The highest BCUT2D eigenvalue weighted by Crippen LogP contribution is 1.81. The van der Waals surface area contributed by atoms with Crippen molar-refractivity contribution < 1.29 is 0 Å². The quantitative estimate of drug-likeness (QED) is 0.222. The van der Waals surface area contributed by atoms with Crippen molar-refractivity contribution in [3.63, 3.8) is 0 Å². The van der Waals surface area contributed by atoms with Crippen LogP contribution in [-0.4, -0.2) is 5.66 Å². The van der Waals surface area contributed by atoms with Gasteiger partial charge in [0.1, 0.15) is 0 Å². The van der Waals surface area contributed by atoms with Gasteiger partial charge in [0.15, 0.2) is 0 Å². The lowest BCUT2D eigenvalue weighted by Crippen LogP contribution is -2.51. The van der Waals surface area contributed by atoms with Gasteiger partial charge in [-0.2, -0.15) is 0 Å². The van der Waals surface area contributed by atoms with Crippen LogP contribution in [0.5, 0.6) is 0 Å². The fourth-order valence-electron chi connectivity index (χ4n) is 0. The highest BCUT2D eigenvalue weighted by Gasteiger charge is 2.02. The van der Waals surface area contributed by atoms with Gasteiger partial charge in [0.05, 0.1) is 5.66 Å². The highest BCUT2D eigenvalue weighted by atomic mass is 15.3. The third-order valence-electron chi connectivity index (χ3n) is 0.372.